The van der Waals surface area contributed by atoms with E-state index >= 15 is 0 Å². The zero-order valence-electron chi connectivity index (χ0n) is 39.6. The maximum Gasteiger partial charge on any atom is -0.0414 e. The molecule has 1 unspecified atom stereocenters. The molecule has 0 aromatic carbocycles. The Hall–Kier alpha value is 0. The third kappa shape index (κ3) is 50.1. The van der Waals surface area contributed by atoms with Crippen LogP contribution in [0.5, 0.6) is 0 Å². The summed E-state index contributed by atoms with van der Waals surface area (Å²) in [7, 11) is 0. The van der Waals surface area contributed by atoms with Crippen molar-refractivity contribution < 1.29 is 0 Å². The van der Waals surface area contributed by atoms with Gasteiger partial charge in [-0.15, -0.1) is 0 Å². The van der Waals surface area contributed by atoms with Gasteiger partial charge >= 0.3 is 0 Å². The smallest absolute Gasteiger partial charge is 0.0414 e. The van der Waals surface area contributed by atoms with E-state index in [0.29, 0.717) is 0 Å². The van der Waals surface area contributed by atoms with E-state index in [1.54, 1.807) is 0 Å². The van der Waals surface area contributed by atoms with Gasteiger partial charge in [-0.2, -0.15) is 0 Å². The minimum atomic E-state index is 1.03. The van der Waals surface area contributed by atoms with Gasteiger partial charge in [-0.1, -0.05) is 348 Å². The number of rotatable bonds is 51. The second-order valence-electron chi connectivity index (χ2n) is 19.1. The molecule has 0 fully saturated rings. The van der Waals surface area contributed by atoms with Gasteiger partial charge in [0.15, 0.2) is 0 Å². The highest BCUT2D eigenvalue weighted by Crippen LogP contribution is 2.25. The second-order valence-corrected chi connectivity index (χ2v) is 19.1. The Morgan fingerprint density at radius 2 is 0.255 bits per heavy atom. The maximum absolute atomic E-state index is 2.36. The lowest BCUT2D eigenvalue weighted by Gasteiger charge is -2.17. The van der Waals surface area contributed by atoms with E-state index in [4.69, 9.17) is 0 Å². The summed E-state index contributed by atoms with van der Waals surface area (Å²) in [5.41, 5.74) is 0. The highest BCUT2D eigenvalue weighted by molar-refractivity contribution is 4.62. The van der Waals surface area contributed by atoms with Crippen LogP contribution in [-0.2, 0) is 0 Å². The minimum Gasteiger partial charge on any atom is -0.0654 e. The fourth-order valence-electron chi connectivity index (χ4n) is 9.38. The first kappa shape index (κ1) is 55.0. The summed E-state index contributed by atoms with van der Waals surface area (Å²) < 4.78 is 0. The Kier molecular flexibility index (Phi) is 52.0. The number of hydrogen-bond donors (Lipinski definition) is 0. The molecule has 0 amide bonds. The summed E-state index contributed by atoms with van der Waals surface area (Å²) in [6, 6.07) is 0. The predicted molar refractivity (Wildman–Crippen MR) is 256 cm³/mol. The molecule has 0 heterocycles. The van der Waals surface area contributed by atoms with E-state index in [2.05, 4.69) is 20.8 Å². The quantitative estimate of drug-likeness (QED) is 0.0540. The van der Waals surface area contributed by atoms with E-state index in [1.807, 2.05) is 0 Å². The van der Waals surface area contributed by atoms with Crippen LogP contribution in [0.15, 0.2) is 0 Å². The molecular weight excluding hydrogens is 661 g/mol. The minimum absolute atomic E-state index is 1.03. The summed E-state index contributed by atoms with van der Waals surface area (Å²) in [6.45, 7) is 6.99. The highest BCUT2D eigenvalue weighted by atomic mass is 14.1. The van der Waals surface area contributed by atoms with Crippen LogP contribution >= 0.6 is 0 Å². The largest absolute Gasteiger partial charge is 0.0654 e. The lowest BCUT2D eigenvalue weighted by atomic mass is 9.89. The monoisotopic (exact) mass is 773 g/mol. The van der Waals surface area contributed by atoms with Crippen LogP contribution in [0.2, 0.25) is 0 Å². The lowest BCUT2D eigenvalue weighted by molar-refractivity contribution is 0.366. The molecule has 332 valence electrons. The van der Waals surface area contributed by atoms with Crippen molar-refractivity contribution >= 4 is 0 Å². The SMILES string of the molecule is CCCCCCCCCCCCCCCCCCCCCCCCCCCC(CCCCCC)CCCCCCCCCCCCCCCCCCCCC. The van der Waals surface area contributed by atoms with Gasteiger partial charge in [0, 0.05) is 0 Å². The average molecular weight is 774 g/mol. The summed E-state index contributed by atoms with van der Waals surface area (Å²) in [6.07, 6.45) is 75.8. The molecule has 0 saturated heterocycles. The van der Waals surface area contributed by atoms with Crippen molar-refractivity contribution in [2.45, 2.75) is 348 Å². The molecule has 0 nitrogen and oxygen atoms in total. The van der Waals surface area contributed by atoms with E-state index in [9.17, 15) is 0 Å². The first-order chi connectivity index (χ1) is 27.3. The molecule has 0 aliphatic heterocycles. The van der Waals surface area contributed by atoms with E-state index in [0.717, 1.165) is 5.92 Å². The van der Waals surface area contributed by atoms with Crippen molar-refractivity contribution in [2.24, 2.45) is 5.92 Å². The molecule has 0 aromatic rings. The van der Waals surface area contributed by atoms with Gasteiger partial charge in [0.25, 0.3) is 0 Å². The van der Waals surface area contributed by atoms with Crippen molar-refractivity contribution in [2.75, 3.05) is 0 Å². The Labute approximate surface area is 352 Å². The molecule has 55 heavy (non-hydrogen) atoms. The zero-order chi connectivity index (χ0) is 39.6. The first-order valence-electron chi connectivity index (χ1n) is 27.3. The Bertz CT molecular complexity index is 622. The normalized spacial score (nSPS) is 12.3. The molecule has 1 atom stereocenters. The molecule has 0 aliphatic carbocycles. The summed E-state index contributed by atoms with van der Waals surface area (Å²) in [4.78, 5) is 0. The van der Waals surface area contributed by atoms with Gasteiger partial charge < -0.3 is 0 Å². The van der Waals surface area contributed by atoms with Gasteiger partial charge in [-0.05, 0) is 5.92 Å². The molecule has 0 saturated carbocycles. The van der Waals surface area contributed by atoms with Crippen LogP contribution in [0.3, 0.4) is 0 Å². The lowest BCUT2D eigenvalue weighted by Crippen LogP contribution is -2.01. The summed E-state index contributed by atoms with van der Waals surface area (Å²) in [5.74, 6) is 1.03. The molecular formula is C55H112. The number of hydrogen-bond acceptors (Lipinski definition) is 0. The second kappa shape index (κ2) is 52.0. The van der Waals surface area contributed by atoms with Crippen molar-refractivity contribution in [3.63, 3.8) is 0 Å². The van der Waals surface area contributed by atoms with E-state index in [1.165, 1.54) is 327 Å². The van der Waals surface area contributed by atoms with Crippen molar-refractivity contribution in [1.82, 2.24) is 0 Å². The van der Waals surface area contributed by atoms with Gasteiger partial charge in [0.1, 0.15) is 0 Å². The Morgan fingerprint density at radius 3 is 0.400 bits per heavy atom. The van der Waals surface area contributed by atoms with Crippen LogP contribution in [0.4, 0.5) is 0 Å². The Morgan fingerprint density at radius 1 is 0.145 bits per heavy atom. The fourth-order valence-corrected chi connectivity index (χ4v) is 9.38. The standard InChI is InChI=1S/C55H112/c1-4-7-10-13-15-17-19-21-23-25-27-28-29-30-31-32-34-36-38-40-42-44-46-48-51-54-55(52-49-12-9-6-3)53-50-47-45-43-41-39-37-35-33-26-24-22-20-18-16-14-11-8-5-2/h55H,4-54H2,1-3H3. The third-order valence-electron chi connectivity index (χ3n) is 13.4. The zero-order valence-corrected chi connectivity index (χ0v) is 39.6. The molecule has 0 rings (SSSR count). The van der Waals surface area contributed by atoms with Crippen molar-refractivity contribution in [3.8, 4) is 0 Å². The molecule has 0 radical (unpaired) electrons. The van der Waals surface area contributed by atoms with Crippen LogP contribution in [-0.4, -0.2) is 0 Å². The van der Waals surface area contributed by atoms with Gasteiger partial charge in [0.2, 0.25) is 0 Å². The molecule has 0 heteroatoms. The topological polar surface area (TPSA) is 0 Å². The van der Waals surface area contributed by atoms with Crippen molar-refractivity contribution in [3.05, 3.63) is 0 Å². The van der Waals surface area contributed by atoms with Gasteiger partial charge in [-0.25, -0.2) is 0 Å². The molecule has 0 aliphatic rings. The average Bonchev–Trinajstić information content (AvgIpc) is 3.20. The predicted octanol–water partition coefficient (Wildman–Crippen LogP) is 21.6. The molecule has 0 aromatic heterocycles. The van der Waals surface area contributed by atoms with Gasteiger partial charge in [-0.3, -0.25) is 0 Å². The van der Waals surface area contributed by atoms with Crippen LogP contribution in [0.1, 0.15) is 348 Å². The molecule has 0 spiro atoms. The fraction of sp³-hybridized carbons (Fsp3) is 1.00. The molecule has 0 bridgehead atoms. The molecule has 0 N–H and O–H groups in total. The summed E-state index contributed by atoms with van der Waals surface area (Å²) >= 11 is 0. The summed E-state index contributed by atoms with van der Waals surface area (Å²) in [5, 5.41) is 0. The first-order valence-corrected chi connectivity index (χ1v) is 27.3. The van der Waals surface area contributed by atoms with Crippen LogP contribution in [0.25, 0.3) is 0 Å². The van der Waals surface area contributed by atoms with Gasteiger partial charge in [0.05, 0.1) is 0 Å². The maximum atomic E-state index is 2.36. The van der Waals surface area contributed by atoms with Crippen LogP contribution in [0, 0.1) is 5.92 Å². The van der Waals surface area contributed by atoms with E-state index < -0.39 is 0 Å². The van der Waals surface area contributed by atoms with E-state index in [-0.39, 0.29) is 0 Å². The third-order valence-corrected chi connectivity index (χ3v) is 13.4. The number of unbranched alkanes of at least 4 members (excludes halogenated alkanes) is 45. The van der Waals surface area contributed by atoms with Crippen molar-refractivity contribution in [1.29, 1.82) is 0 Å². The Balaban J connectivity index is 3.51. The van der Waals surface area contributed by atoms with Crippen LogP contribution < -0.4 is 0 Å². The highest BCUT2D eigenvalue weighted by Gasteiger charge is 2.09.